The molecular formula is C34H66O3PS+. The molecule has 0 aliphatic heterocycles. The predicted octanol–water partition coefficient (Wildman–Crippen LogP) is 11.6. The zero-order valence-corrected chi connectivity index (χ0v) is 28.4. The topological polar surface area (TPSA) is 54.4 Å². The summed E-state index contributed by atoms with van der Waals surface area (Å²) in [6.07, 6.45) is 31.3. The van der Waals surface area contributed by atoms with Gasteiger partial charge in [0, 0.05) is 7.26 Å². The molecule has 1 N–H and O–H groups in total. The second-order valence-electron chi connectivity index (χ2n) is 11.7. The van der Waals surface area contributed by atoms with Gasteiger partial charge in [0.05, 0.1) is 29.5 Å². The minimum absolute atomic E-state index is 0.0610. The average Bonchev–Trinajstić information content (AvgIpc) is 2.93. The van der Waals surface area contributed by atoms with E-state index in [-0.39, 0.29) is 4.90 Å². The SMILES string of the molecule is CCCCCCCCCCCCc1ccccc1S(=O)(=O)O.CCCC[P+](CCCC)(CCCC)CCCC. The van der Waals surface area contributed by atoms with Gasteiger partial charge in [0.25, 0.3) is 10.1 Å². The molecule has 0 radical (unpaired) electrons. The van der Waals surface area contributed by atoms with Gasteiger partial charge in [0.15, 0.2) is 0 Å². The molecule has 3 nitrogen and oxygen atoms in total. The van der Waals surface area contributed by atoms with Crippen LogP contribution in [0.5, 0.6) is 0 Å². The van der Waals surface area contributed by atoms with Crippen molar-refractivity contribution in [1.29, 1.82) is 0 Å². The van der Waals surface area contributed by atoms with E-state index in [0.29, 0.717) is 6.42 Å². The molecule has 0 saturated heterocycles. The van der Waals surface area contributed by atoms with E-state index in [1.54, 1.807) is 36.8 Å². The fourth-order valence-corrected chi connectivity index (χ4v) is 11.5. The highest BCUT2D eigenvalue weighted by Crippen LogP contribution is 2.61. The van der Waals surface area contributed by atoms with E-state index >= 15 is 0 Å². The average molecular weight is 586 g/mol. The molecule has 39 heavy (non-hydrogen) atoms. The largest absolute Gasteiger partial charge is 0.294 e. The van der Waals surface area contributed by atoms with Gasteiger partial charge >= 0.3 is 0 Å². The lowest BCUT2D eigenvalue weighted by atomic mass is 10.0. The van der Waals surface area contributed by atoms with E-state index in [0.717, 1.165) is 18.4 Å². The van der Waals surface area contributed by atoms with Gasteiger partial charge in [-0.25, -0.2) is 0 Å². The van der Waals surface area contributed by atoms with Crippen LogP contribution in [0.1, 0.15) is 156 Å². The van der Waals surface area contributed by atoms with Gasteiger partial charge in [-0.3, -0.25) is 4.55 Å². The van der Waals surface area contributed by atoms with Crippen LogP contribution >= 0.6 is 7.26 Å². The molecule has 1 aromatic carbocycles. The van der Waals surface area contributed by atoms with Crippen molar-refractivity contribution in [3.63, 3.8) is 0 Å². The molecule has 0 heterocycles. The molecule has 1 rings (SSSR count). The number of benzene rings is 1. The Labute approximate surface area is 245 Å². The zero-order chi connectivity index (χ0) is 29.2. The minimum Gasteiger partial charge on any atom is -0.282 e. The van der Waals surface area contributed by atoms with E-state index < -0.39 is 17.4 Å². The lowest BCUT2D eigenvalue weighted by Gasteiger charge is -2.28. The maximum absolute atomic E-state index is 11.3. The molecule has 1 aromatic rings. The van der Waals surface area contributed by atoms with E-state index in [1.807, 2.05) is 6.07 Å². The third-order valence-corrected chi connectivity index (χ3v) is 14.0. The molecule has 0 bridgehead atoms. The predicted molar refractivity (Wildman–Crippen MR) is 178 cm³/mol. The summed E-state index contributed by atoms with van der Waals surface area (Å²) in [4.78, 5) is 0.0610. The number of hydrogen-bond acceptors (Lipinski definition) is 2. The van der Waals surface area contributed by atoms with Crippen molar-refractivity contribution in [3.05, 3.63) is 29.8 Å². The highest BCUT2D eigenvalue weighted by molar-refractivity contribution is 7.85. The maximum Gasteiger partial charge on any atom is 0.294 e. The molecule has 0 aliphatic carbocycles. The van der Waals surface area contributed by atoms with Gasteiger partial charge in [-0.1, -0.05) is 136 Å². The Morgan fingerprint density at radius 3 is 1.28 bits per heavy atom. The first kappa shape index (κ1) is 38.6. The van der Waals surface area contributed by atoms with Crippen molar-refractivity contribution in [3.8, 4) is 0 Å². The summed E-state index contributed by atoms with van der Waals surface area (Å²) < 4.78 is 31.8. The quantitative estimate of drug-likeness (QED) is 0.0745. The third kappa shape index (κ3) is 20.1. The van der Waals surface area contributed by atoms with Gasteiger partial charge in [0.2, 0.25) is 0 Å². The molecule has 0 aromatic heterocycles. The summed E-state index contributed by atoms with van der Waals surface area (Å²) >= 11 is 0. The van der Waals surface area contributed by atoms with Gasteiger partial charge < -0.3 is 0 Å². The van der Waals surface area contributed by atoms with Crippen LogP contribution in [0.4, 0.5) is 0 Å². The van der Waals surface area contributed by atoms with Crippen LogP contribution in [0.25, 0.3) is 0 Å². The summed E-state index contributed by atoms with van der Waals surface area (Å²) in [6.45, 7) is 11.7. The van der Waals surface area contributed by atoms with Crippen LogP contribution in [0.3, 0.4) is 0 Å². The Hall–Kier alpha value is -0.440. The minimum atomic E-state index is -4.10. The lowest BCUT2D eigenvalue weighted by molar-refractivity contribution is 0.481. The number of rotatable bonds is 24. The van der Waals surface area contributed by atoms with Crippen LogP contribution in [0.15, 0.2) is 29.2 Å². The number of hydrogen-bond donors (Lipinski definition) is 1. The molecule has 0 fully saturated rings. The first-order valence-electron chi connectivity index (χ1n) is 16.7. The molecule has 0 atom stereocenters. The summed E-state index contributed by atoms with van der Waals surface area (Å²) in [5.41, 5.74) is 0.726. The molecule has 5 heteroatoms. The Kier molecular flexibility index (Phi) is 25.0. The van der Waals surface area contributed by atoms with Crippen LogP contribution in [-0.4, -0.2) is 37.6 Å². The van der Waals surface area contributed by atoms with Crippen molar-refractivity contribution in [2.45, 2.75) is 162 Å². The van der Waals surface area contributed by atoms with Crippen molar-refractivity contribution < 1.29 is 13.0 Å². The lowest BCUT2D eigenvalue weighted by Crippen LogP contribution is -2.12. The second-order valence-corrected chi connectivity index (χ2v) is 17.5. The maximum atomic E-state index is 11.3. The van der Waals surface area contributed by atoms with Crippen molar-refractivity contribution >= 4 is 17.4 Å². The van der Waals surface area contributed by atoms with Gasteiger partial charge in [-0.05, 0) is 50.2 Å². The van der Waals surface area contributed by atoms with E-state index in [1.165, 1.54) is 109 Å². The van der Waals surface area contributed by atoms with Gasteiger partial charge in [-0.15, -0.1) is 0 Å². The Balaban J connectivity index is 0.000000768. The molecule has 0 amide bonds. The molecule has 0 unspecified atom stereocenters. The van der Waals surface area contributed by atoms with E-state index in [9.17, 15) is 13.0 Å². The standard InChI is InChI=1S/C18H30O3S.C16H36P/c1-2-3-4-5-6-7-8-9-10-11-14-17-15-12-13-16-18(17)22(19,20)21;1-5-9-13-17(14-10-6-2,15-11-7-3)16-12-8-4/h12-13,15-16H,2-11,14H2,1H3,(H,19,20,21);5-16H2,1-4H3/q;+1. The van der Waals surface area contributed by atoms with Gasteiger partial charge in [-0.2, -0.15) is 8.42 Å². The first-order chi connectivity index (χ1) is 18.8. The van der Waals surface area contributed by atoms with Crippen molar-refractivity contribution in [2.24, 2.45) is 0 Å². The van der Waals surface area contributed by atoms with Crippen LogP contribution < -0.4 is 0 Å². The Morgan fingerprint density at radius 1 is 0.538 bits per heavy atom. The molecule has 0 aliphatic rings. The third-order valence-electron chi connectivity index (χ3n) is 7.99. The molecule has 0 saturated carbocycles. The van der Waals surface area contributed by atoms with Crippen molar-refractivity contribution in [1.82, 2.24) is 0 Å². The Morgan fingerprint density at radius 2 is 0.897 bits per heavy atom. The normalized spacial score (nSPS) is 11.8. The van der Waals surface area contributed by atoms with Gasteiger partial charge in [0.1, 0.15) is 0 Å². The fourth-order valence-electron chi connectivity index (χ4n) is 5.41. The molecule has 0 spiro atoms. The molecular weight excluding hydrogens is 519 g/mol. The zero-order valence-electron chi connectivity index (χ0n) is 26.7. The fraction of sp³-hybridized carbons (Fsp3) is 0.824. The monoisotopic (exact) mass is 585 g/mol. The summed E-state index contributed by atoms with van der Waals surface area (Å²) in [6, 6.07) is 6.73. The Bertz CT molecular complexity index is 741. The second kappa shape index (κ2) is 25.3. The van der Waals surface area contributed by atoms with E-state index in [2.05, 4.69) is 34.6 Å². The summed E-state index contributed by atoms with van der Waals surface area (Å²) in [5, 5.41) is 0. The molecule has 230 valence electrons. The number of aryl methyl sites for hydroxylation is 1. The summed E-state index contributed by atoms with van der Waals surface area (Å²) in [5.74, 6) is 0. The summed E-state index contributed by atoms with van der Waals surface area (Å²) in [7, 11) is -4.66. The van der Waals surface area contributed by atoms with Crippen LogP contribution in [0.2, 0.25) is 0 Å². The first-order valence-corrected chi connectivity index (χ1v) is 20.7. The van der Waals surface area contributed by atoms with Crippen LogP contribution in [-0.2, 0) is 16.5 Å². The highest BCUT2D eigenvalue weighted by Gasteiger charge is 2.34. The number of unbranched alkanes of at least 4 members (excludes halogenated alkanes) is 13. The highest BCUT2D eigenvalue weighted by atomic mass is 32.2. The van der Waals surface area contributed by atoms with E-state index in [4.69, 9.17) is 0 Å². The van der Waals surface area contributed by atoms with Crippen molar-refractivity contribution in [2.75, 3.05) is 24.6 Å². The van der Waals surface area contributed by atoms with Crippen LogP contribution in [0, 0.1) is 0 Å². The smallest absolute Gasteiger partial charge is 0.282 e.